The van der Waals surface area contributed by atoms with Crippen molar-refractivity contribution in [3.8, 4) is 0 Å². The van der Waals surface area contributed by atoms with Crippen LogP contribution in [-0.2, 0) is 4.74 Å². The summed E-state index contributed by atoms with van der Waals surface area (Å²) in [6.07, 6.45) is 2.00. The van der Waals surface area contributed by atoms with E-state index in [9.17, 15) is 4.79 Å². The maximum absolute atomic E-state index is 12.3. The second-order valence-corrected chi connectivity index (χ2v) is 6.37. The second kappa shape index (κ2) is 6.15. The van der Waals surface area contributed by atoms with Crippen molar-refractivity contribution in [3.63, 3.8) is 0 Å². The lowest BCUT2D eigenvalue weighted by atomic mass is 10.0. The number of Topliss-reactive ketones (excluding diaryl/α,β-unsaturated/α-hetero) is 1. The number of ketones is 1. The molecule has 1 aliphatic heterocycles. The molecule has 0 N–H and O–H groups in total. The zero-order valence-corrected chi connectivity index (χ0v) is 12.3. The molecule has 3 nitrogen and oxygen atoms in total. The van der Waals surface area contributed by atoms with Gasteiger partial charge < -0.3 is 4.74 Å². The van der Waals surface area contributed by atoms with Gasteiger partial charge in [0, 0.05) is 19.3 Å². The number of hydrogen-bond donors (Lipinski definition) is 0. The number of thiophene rings is 1. The molecule has 1 aromatic rings. The van der Waals surface area contributed by atoms with Gasteiger partial charge >= 0.3 is 0 Å². The van der Waals surface area contributed by atoms with Gasteiger partial charge in [-0.1, -0.05) is 11.6 Å². The van der Waals surface area contributed by atoms with E-state index in [2.05, 4.69) is 4.90 Å². The first-order valence-electron chi connectivity index (χ1n) is 6.19. The second-order valence-electron chi connectivity index (χ2n) is 4.65. The maximum atomic E-state index is 12.3. The highest BCUT2D eigenvalue weighted by atomic mass is 35.5. The zero-order chi connectivity index (χ0) is 13.1. The van der Waals surface area contributed by atoms with Crippen LogP contribution in [0.15, 0.2) is 12.1 Å². The minimum atomic E-state index is -0.109. The quantitative estimate of drug-likeness (QED) is 0.797. The normalized spacial score (nSPS) is 19.1. The average molecular weight is 288 g/mol. The number of hydrogen-bond acceptors (Lipinski definition) is 4. The highest BCUT2D eigenvalue weighted by Crippen LogP contribution is 2.24. The number of nitrogens with zero attached hydrogens (tertiary/aromatic N) is 1. The fourth-order valence-electron chi connectivity index (χ4n) is 2.25. The lowest BCUT2D eigenvalue weighted by Crippen LogP contribution is -2.45. The molecule has 1 atom stereocenters. The molecule has 0 spiro atoms. The summed E-state index contributed by atoms with van der Waals surface area (Å²) in [5.41, 5.74) is 0. The molecule has 5 heteroatoms. The third kappa shape index (κ3) is 3.12. The summed E-state index contributed by atoms with van der Waals surface area (Å²) in [4.78, 5) is 15.2. The number of likely N-dealkylation sites (N-methyl/N-ethyl adjacent to an activating group) is 1. The SMILES string of the molecule is CC(C(=O)c1ccc(Cl)s1)N(C)C1CCOCC1. The van der Waals surface area contributed by atoms with Crippen molar-refractivity contribution in [3.05, 3.63) is 21.3 Å². The Morgan fingerprint density at radius 2 is 2.17 bits per heavy atom. The molecule has 2 heterocycles. The summed E-state index contributed by atoms with van der Waals surface area (Å²) in [7, 11) is 2.02. The number of carbonyl (C=O) groups excluding carboxylic acids is 1. The summed E-state index contributed by atoms with van der Waals surface area (Å²) in [6, 6.07) is 3.92. The standard InChI is InChI=1S/C13H18ClNO2S/c1-9(13(16)11-3-4-12(14)18-11)15(2)10-5-7-17-8-6-10/h3-4,9-10H,5-8H2,1-2H3. The van der Waals surface area contributed by atoms with Gasteiger partial charge in [-0.3, -0.25) is 9.69 Å². The largest absolute Gasteiger partial charge is 0.381 e. The van der Waals surface area contributed by atoms with Crippen LogP contribution in [0.5, 0.6) is 0 Å². The third-order valence-electron chi connectivity index (χ3n) is 3.57. The molecular weight excluding hydrogens is 270 g/mol. The van der Waals surface area contributed by atoms with Crippen LogP contribution < -0.4 is 0 Å². The topological polar surface area (TPSA) is 29.5 Å². The number of carbonyl (C=O) groups is 1. The van der Waals surface area contributed by atoms with Gasteiger partial charge in [0.05, 0.1) is 15.3 Å². The molecule has 1 aliphatic rings. The van der Waals surface area contributed by atoms with E-state index in [1.165, 1.54) is 11.3 Å². The highest BCUT2D eigenvalue weighted by molar-refractivity contribution is 7.18. The molecule has 2 rings (SSSR count). The van der Waals surface area contributed by atoms with Gasteiger partial charge in [0.15, 0.2) is 5.78 Å². The molecule has 1 unspecified atom stereocenters. The molecule has 1 fully saturated rings. The molecule has 0 aromatic carbocycles. The maximum Gasteiger partial charge on any atom is 0.189 e. The summed E-state index contributed by atoms with van der Waals surface area (Å²) < 4.78 is 6.02. The van der Waals surface area contributed by atoms with Gasteiger partial charge in [0.1, 0.15) is 0 Å². The molecule has 100 valence electrons. The first kappa shape index (κ1) is 14.0. The minimum absolute atomic E-state index is 0.109. The van der Waals surface area contributed by atoms with Crippen molar-refractivity contribution in [1.82, 2.24) is 4.90 Å². The first-order chi connectivity index (χ1) is 8.59. The van der Waals surface area contributed by atoms with E-state index < -0.39 is 0 Å². The van der Waals surface area contributed by atoms with Crippen LogP contribution in [0, 0.1) is 0 Å². The minimum Gasteiger partial charge on any atom is -0.381 e. The Kier molecular flexibility index (Phi) is 4.78. The van der Waals surface area contributed by atoms with Gasteiger partial charge in [0.2, 0.25) is 0 Å². The predicted molar refractivity (Wildman–Crippen MR) is 74.7 cm³/mol. The van der Waals surface area contributed by atoms with Gasteiger partial charge in [0.25, 0.3) is 0 Å². The van der Waals surface area contributed by atoms with Crippen molar-refractivity contribution in [2.45, 2.75) is 31.8 Å². The van der Waals surface area contributed by atoms with Crippen LogP contribution in [0.2, 0.25) is 4.34 Å². The van der Waals surface area contributed by atoms with E-state index >= 15 is 0 Å². The Bertz CT molecular complexity index is 415. The Morgan fingerprint density at radius 3 is 2.72 bits per heavy atom. The molecule has 0 saturated carbocycles. The van der Waals surface area contributed by atoms with Crippen LogP contribution >= 0.6 is 22.9 Å². The van der Waals surface area contributed by atoms with E-state index in [1.807, 2.05) is 20.0 Å². The molecule has 18 heavy (non-hydrogen) atoms. The van der Waals surface area contributed by atoms with Crippen LogP contribution in [0.4, 0.5) is 0 Å². The summed E-state index contributed by atoms with van der Waals surface area (Å²) in [6.45, 7) is 3.55. The molecule has 0 aliphatic carbocycles. The van der Waals surface area contributed by atoms with Crippen LogP contribution in [0.3, 0.4) is 0 Å². The van der Waals surface area contributed by atoms with Crippen molar-refractivity contribution < 1.29 is 9.53 Å². The smallest absolute Gasteiger partial charge is 0.189 e. The fourth-order valence-corrected chi connectivity index (χ4v) is 3.31. The Hall–Kier alpha value is -0.420. The van der Waals surface area contributed by atoms with Gasteiger partial charge in [-0.2, -0.15) is 0 Å². The highest BCUT2D eigenvalue weighted by Gasteiger charge is 2.27. The number of rotatable bonds is 4. The molecular formula is C13H18ClNO2S. The van der Waals surface area contributed by atoms with Crippen molar-refractivity contribution in [1.29, 1.82) is 0 Å². The van der Waals surface area contributed by atoms with Crippen LogP contribution in [0.25, 0.3) is 0 Å². The average Bonchev–Trinajstić information content (AvgIpc) is 2.84. The number of ether oxygens (including phenoxy) is 1. The van der Waals surface area contributed by atoms with E-state index in [1.54, 1.807) is 6.07 Å². The zero-order valence-electron chi connectivity index (χ0n) is 10.7. The molecule has 0 radical (unpaired) electrons. The van der Waals surface area contributed by atoms with E-state index in [0.29, 0.717) is 10.4 Å². The molecule has 0 amide bonds. The Labute approximate surface area is 117 Å². The summed E-state index contributed by atoms with van der Waals surface area (Å²) >= 11 is 7.23. The van der Waals surface area contributed by atoms with Gasteiger partial charge in [-0.05, 0) is 38.9 Å². The van der Waals surface area contributed by atoms with Crippen molar-refractivity contribution >= 4 is 28.7 Å². The lowest BCUT2D eigenvalue weighted by Gasteiger charge is -2.34. The van der Waals surface area contributed by atoms with E-state index in [4.69, 9.17) is 16.3 Å². The first-order valence-corrected chi connectivity index (χ1v) is 7.38. The van der Waals surface area contributed by atoms with Crippen LogP contribution in [0.1, 0.15) is 29.4 Å². The monoisotopic (exact) mass is 287 g/mol. The van der Waals surface area contributed by atoms with Crippen LogP contribution in [-0.4, -0.2) is 43.0 Å². The summed E-state index contributed by atoms with van der Waals surface area (Å²) in [5.74, 6) is 0.154. The van der Waals surface area contributed by atoms with Crippen molar-refractivity contribution in [2.75, 3.05) is 20.3 Å². The van der Waals surface area contributed by atoms with E-state index in [0.717, 1.165) is 30.9 Å². The third-order valence-corrected chi connectivity index (χ3v) is 4.82. The van der Waals surface area contributed by atoms with E-state index in [-0.39, 0.29) is 11.8 Å². The summed E-state index contributed by atoms with van der Waals surface area (Å²) in [5, 5.41) is 0. The lowest BCUT2D eigenvalue weighted by molar-refractivity contribution is 0.0302. The predicted octanol–water partition coefficient (Wildman–Crippen LogP) is 3.08. The molecule has 0 bridgehead atoms. The number of halogens is 1. The van der Waals surface area contributed by atoms with Crippen molar-refractivity contribution in [2.24, 2.45) is 0 Å². The molecule has 1 aromatic heterocycles. The van der Waals surface area contributed by atoms with Gasteiger partial charge in [-0.15, -0.1) is 11.3 Å². The molecule has 1 saturated heterocycles. The Morgan fingerprint density at radius 1 is 1.50 bits per heavy atom. The van der Waals surface area contributed by atoms with Gasteiger partial charge in [-0.25, -0.2) is 0 Å². The Balaban J connectivity index is 2.01. The fraction of sp³-hybridized carbons (Fsp3) is 0.615.